The summed E-state index contributed by atoms with van der Waals surface area (Å²) < 4.78 is 9.34. The van der Waals surface area contributed by atoms with Crippen molar-refractivity contribution in [2.45, 2.75) is 32.2 Å². The van der Waals surface area contributed by atoms with Crippen molar-refractivity contribution in [3.05, 3.63) is 60.4 Å². The van der Waals surface area contributed by atoms with E-state index in [1.165, 1.54) is 44.5 Å². The fourth-order valence-electron chi connectivity index (χ4n) is 5.26. The molecule has 2 saturated heterocycles. The fourth-order valence-corrected chi connectivity index (χ4v) is 5.26. The molecule has 37 heavy (non-hydrogen) atoms. The van der Waals surface area contributed by atoms with Gasteiger partial charge >= 0.3 is 0 Å². The second-order valence-corrected chi connectivity index (χ2v) is 10.0. The van der Waals surface area contributed by atoms with Crippen molar-refractivity contribution >= 4 is 17.3 Å². The van der Waals surface area contributed by atoms with Gasteiger partial charge < -0.3 is 15.0 Å². The second kappa shape index (κ2) is 11.4. The topological polar surface area (TPSA) is 75.8 Å². The SMILES string of the molecule is c1cc(-c2cnn(CCN3CCOCC3)c2)n2nc(Nc3ccc(CCCN4CCCC4)cc3)nc2c1. The van der Waals surface area contributed by atoms with Crippen molar-refractivity contribution in [3.8, 4) is 11.3 Å². The summed E-state index contributed by atoms with van der Waals surface area (Å²) in [5.74, 6) is 0.592. The summed E-state index contributed by atoms with van der Waals surface area (Å²) in [6, 6.07) is 14.7. The lowest BCUT2D eigenvalue weighted by molar-refractivity contribution is 0.0360. The summed E-state index contributed by atoms with van der Waals surface area (Å²) in [7, 11) is 0. The minimum Gasteiger partial charge on any atom is -0.379 e. The molecule has 0 bridgehead atoms. The Bertz CT molecular complexity index is 1290. The van der Waals surface area contributed by atoms with Crippen molar-refractivity contribution in [3.63, 3.8) is 0 Å². The number of nitrogens with one attached hydrogen (secondary N) is 1. The number of ether oxygens (including phenoxy) is 1. The van der Waals surface area contributed by atoms with Gasteiger partial charge in [-0.05, 0) is 75.1 Å². The number of likely N-dealkylation sites (tertiary alicyclic amines) is 1. The van der Waals surface area contributed by atoms with E-state index in [1.807, 2.05) is 27.5 Å². The monoisotopic (exact) mass is 500 g/mol. The molecule has 194 valence electrons. The highest BCUT2D eigenvalue weighted by Crippen LogP contribution is 2.22. The standard InChI is InChI=1S/C28H36N8O/c1-2-13-33(12-1)14-4-5-23-8-10-25(11-9-23)30-28-31-27-7-3-6-26(36(27)32-28)24-21-29-35(22-24)16-15-34-17-19-37-20-18-34/h3,6-11,21-22H,1-2,4-5,12-20H2,(H,30,32). The van der Waals surface area contributed by atoms with E-state index in [1.54, 1.807) is 0 Å². The van der Waals surface area contributed by atoms with Gasteiger partial charge in [0.2, 0.25) is 5.95 Å². The molecule has 5 heterocycles. The molecule has 4 aromatic rings. The quantitative estimate of drug-likeness (QED) is 0.356. The molecule has 0 spiro atoms. The van der Waals surface area contributed by atoms with E-state index in [2.05, 4.69) is 56.7 Å². The predicted molar refractivity (Wildman–Crippen MR) is 145 cm³/mol. The lowest BCUT2D eigenvalue weighted by Crippen LogP contribution is -2.38. The summed E-state index contributed by atoms with van der Waals surface area (Å²) in [6.45, 7) is 9.20. The zero-order valence-corrected chi connectivity index (χ0v) is 21.4. The Morgan fingerprint density at radius 2 is 1.68 bits per heavy atom. The van der Waals surface area contributed by atoms with Gasteiger partial charge in [0.15, 0.2) is 5.65 Å². The molecule has 0 saturated carbocycles. The maximum Gasteiger partial charge on any atom is 0.247 e. The first-order valence-corrected chi connectivity index (χ1v) is 13.6. The molecule has 0 unspecified atom stereocenters. The lowest BCUT2D eigenvalue weighted by atomic mass is 10.1. The zero-order valence-electron chi connectivity index (χ0n) is 21.4. The number of benzene rings is 1. The van der Waals surface area contributed by atoms with Crippen LogP contribution in [-0.2, 0) is 17.7 Å². The van der Waals surface area contributed by atoms with Crippen LogP contribution in [0.2, 0.25) is 0 Å². The fraction of sp³-hybridized carbons (Fsp3) is 0.464. The molecule has 0 atom stereocenters. The molecule has 0 aliphatic carbocycles. The first kappa shape index (κ1) is 24.1. The van der Waals surface area contributed by atoms with E-state index in [9.17, 15) is 0 Å². The van der Waals surface area contributed by atoms with Crippen LogP contribution in [0, 0.1) is 0 Å². The van der Waals surface area contributed by atoms with Gasteiger partial charge in [-0.25, -0.2) is 4.52 Å². The summed E-state index contributed by atoms with van der Waals surface area (Å²) in [5.41, 5.74) is 5.18. The highest BCUT2D eigenvalue weighted by atomic mass is 16.5. The molecular formula is C28H36N8O. The third-order valence-corrected chi connectivity index (χ3v) is 7.39. The molecule has 0 radical (unpaired) electrons. The van der Waals surface area contributed by atoms with Crippen LogP contribution in [0.3, 0.4) is 0 Å². The molecule has 6 rings (SSSR count). The minimum atomic E-state index is 0.592. The average Bonchev–Trinajstić information content (AvgIpc) is 3.70. The lowest BCUT2D eigenvalue weighted by Gasteiger charge is -2.26. The number of nitrogens with zero attached hydrogens (tertiary/aromatic N) is 7. The van der Waals surface area contributed by atoms with Crippen LogP contribution in [0.4, 0.5) is 11.6 Å². The third kappa shape index (κ3) is 6.01. The molecule has 0 amide bonds. The minimum absolute atomic E-state index is 0.592. The first-order valence-electron chi connectivity index (χ1n) is 13.6. The average molecular weight is 501 g/mol. The molecule has 1 N–H and O–H groups in total. The van der Waals surface area contributed by atoms with Crippen molar-refractivity contribution in [2.75, 3.05) is 57.8 Å². The largest absolute Gasteiger partial charge is 0.379 e. The number of morpholine rings is 1. The number of hydrogen-bond acceptors (Lipinski definition) is 7. The molecule has 3 aromatic heterocycles. The zero-order chi connectivity index (χ0) is 24.9. The maximum atomic E-state index is 5.44. The van der Waals surface area contributed by atoms with Gasteiger partial charge in [-0.2, -0.15) is 10.1 Å². The molecule has 2 fully saturated rings. The summed E-state index contributed by atoms with van der Waals surface area (Å²) >= 11 is 0. The molecule has 2 aliphatic rings. The van der Waals surface area contributed by atoms with Crippen molar-refractivity contribution in [1.82, 2.24) is 34.2 Å². The normalized spacial score (nSPS) is 17.1. The number of anilines is 2. The van der Waals surface area contributed by atoms with Gasteiger partial charge in [-0.3, -0.25) is 9.58 Å². The molecule has 9 nitrogen and oxygen atoms in total. The van der Waals surface area contributed by atoms with Crippen LogP contribution >= 0.6 is 0 Å². The van der Waals surface area contributed by atoms with E-state index in [4.69, 9.17) is 14.8 Å². The van der Waals surface area contributed by atoms with Crippen molar-refractivity contribution in [1.29, 1.82) is 0 Å². The van der Waals surface area contributed by atoms with E-state index in [-0.39, 0.29) is 0 Å². The van der Waals surface area contributed by atoms with E-state index < -0.39 is 0 Å². The number of aryl methyl sites for hydroxylation is 1. The van der Waals surface area contributed by atoms with Crippen LogP contribution in [-0.4, -0.2) is 86.7 Å². The molecule has 9 heteroatoms. The van der Waals surface area contributed by atoms with Crippen LogP contribution < -0.4 is 5.32 Å². The van der Waals surface area contributed by atoms with Gasteiger partial charge in [0.25, 0.3) is 0 Å². The Labute approximate surface area is 218 Å². The number of fused-ring (bicyclic) bond motifs is 1. The number of rotatable bonds is 10. The molecule has 2 aliphatic heterocycles. The number of hydrogen-bond donors (Lipinski definition) is 1. The smallest absolute Gasteiger partial charge is 0.247 e. The number of aromatic nitrogens is 5. The maximum absolute atomic E-state index is 5.44. The summed E-state index contributed by atoms with van der Waals surface area (Å²) in [4.78, 5) is 9.70. The van der Waals surface area contributed by atoms with Crippen LogP contribution in [0.1, 0.15) is 24.8 Å². The molecule has 1 aromatic carbocycles. The van der Waals surface area contributed by atoms with E-state index in [0.717, 1.165) is 68.4 Å². The Balaban J connectivity index is 1.08. The number of pyridine rings is 1. The van der Waals surface area contributed by atoms with Gasteiger partial charge in [0.05, 0.1) is 31.6 Å². The molecular weight excluding hydrogens is 464 g/mol. The van der Waals surface area contributed by atoms with Gasteiger partial charge in [-0.1, -0.05) is 18.2 Å². The third-order valence-electron chi connectivity index (χ3n) is 7.39. The van der Waals surface area contributed by atoms with Crippen LogP contribution in [0.25, 0.3) is 16.9 Å². The Morgan fingerprint density at radius 1 is 0.865 bits per heavy atom. The van der Waals surface area contributed by atoms with E-state index in [0.29, 0.717) is 5.95 Å². The van der Waals surface area contributed by atoms with Gasteiger partial charge in [0, 0.05) is 37.1 Å². The Kier molecular flexibility index (Phi) is 7.43. The van der Waals surface area contributed by atoms with Crippen LogP contribution in [0.15, 0.2) is 54.9 Å². The van der Waals surface area contributed by atoms with E-state index >= 15 is 0 Å². The summed E-state index contributed by atoms with van der Waals surface area (Å²) in [5, 5.41) is 12.7. The summed E-state index contributed by atoms with van der Waals surface area (Å²) in [6.07, 6.45) is 9.05. The van der Waals surface area contributed by atoms with Crippen molar-refractivity contribution < 1.29 is 4.74 Å². The van der Waals surface area contributed by atoms with Gasteiger partial charge in [0.1, 0.15) is 0 Å². The highest BCUT2D eigenvalue weighted by Gasteiger charge is 2.13. The van der Waals surface area contributed by atoms with Crippen LogP contribution in [0.5, 0.6) is 0 Å². The Hall–Kier alpha value is -3.27. The Morgan fingerprint density at radius 3 is 2.51 bits per heavy atom. The first-order chi connectivity index (χ1) is 18.3. The second-order valence-electron chi connectivity index (χ2n) is 10.0. The van der Waals surface area contributed by atoms with Crippen molar-refractivity contribution in [2.24, 2.45) is 0 Å². The highest BCUT2D eigenvalue weighted by molar-refractivity contribution is 5.63. The predicted octanol–water partition coefficient (Wildman–Crippen LogP) is 3.70. The van der Waals surface area contributed by atoms with Gasteiger partial charge in [-0.15, -0.1) is 5.10 Å².